The second-order valence-corrected chi connectivity index (χ2v) is 9.49. The van der Waals surface area contributed by atoms with Crippen LogP contribution in [0.2, 0.25) is 0 Å². The number of rotatable bonds is 8. The van der Waals surface area contributed by atoms with Gasteiger partial charge in [0.1, 0.15) is 11.6 Å². The number of halogens is 1. The molecule has 1 unspecified atom stereocenters. The molecule has 3 N–H and O–H groups in total. The standard InChI is InChI=1S/C29H30FN7O2/c1-3-27(39)34-26-15-20(9-10-31-26)23-6-4-5-21-17-32-29(35-28(21)23)33-25-8-7-22(16-24(25)30)37-13-11-36(12-14-37)18-19(2)38/h3-10,15-17,19,38H,1,11-14,18H2,2H3,(H,31,34,39)(H,32,33,35). The van der Waals surface area contributed by atoms with Crippen LogP contribution in [0.4, 0.5) is 27.5 Å². The molecule has 9 nitrogen and oxygen atoms in total. The Morgan fingerprint density at radius 2 is 1.97 bits per heavy atom. The van der Waals surface area contributed by atoms with Gasteiger partial charge in [-0.15, -0.1) is 0 Å². The molecule has 0 spiro atoms. The zero-order valence-corrected chi connectivity index (χ0v) is 21.6. The number of aliphatic hydroxyl groups excluding tert-OH is 1. The molecule has 1 amide bonds. The van der Waals surface area contributed by atoms with Gasteiger partial charge < -0.3 is 20.6 Å². The first-order valence-electron chi connectivity index (χ1n) is 12.8. The molecule has 0 aliphatic carbocycles. The van der Waals surface area contributed by atoms with Crippen molar-refractivity contribution < 1.29 is 14.3 Å². The van der Waals surface area contributed by atoms with Gasteiger partial charge in [0, 0.05) is 61.8 Å². The highest BCUT2D eigenvalue weighted by Crippen LogP contribution is 2.30. The Hall–Kier alpha value is -4.41. The number of aliphatic hydroxyl groups is 1. The van der Waals surface area contributed by atoms with Crippen LogP contribution in [0.1, 0.15) is 6.92 Å². The third-order valence-corrected chi connectivity index (χ3v) is 6.58. The Morgan fingerprint density at radius 3 is 2.72 bits per heavy atom. The third-order valence-electron chi connectivity index (χ3n) is 6.58. The van der Waals surface area contributed by atoms with Crippen LogP contribution in [0.15, 0.2) is 73.6 Å². The van der Waals surface area contributed by atoms with E-state index in [2.05, 4.69) is 42.0 Å². The van der Waals surface area contributed by atoms with Crippen LogP contribution in [0.3, 0.4) is 0 Å². The maximum atomic E-state index is 15.1. The van der Waals surface area contributed by atoms with Gasteiger partial charge >= 0.3 is 0 Å². The number of hydrogen-bond acceptors (Lipinski definition) is 8. The largest absolute Gasteiger partial charge is 0.392 e. The lowest BCUT2D eigenvalue weighted by Gasteiger charge is -2.36. The third kappa shape index (κ3) is 6.19. The molecule has 10 heteroatoms. The number of anilines is 4. The fourth-order valence-corrected chi connectivity index (χ4v) is 4.68. The van der Waals surface area contributed by atoms with E-state index >= 15 is 4.39 Å². The normalized spacial score (nSPS) is 14.7. The van der Waals surface area contributed by atoms with Crippen molar-refractivity contribution in [1.82, 2.24) is 19.9 Å². The van der Waals surface area contributed by atoms with E-state index in [0.717, 1.165) is 48.4 Å². The molecule has 1 fully saturated rings. The maximum absolute atomic E-state index is 15.1. The highest BCUT2D eigenvalue weighted by molar-refractivity contribution is 5.99. The second kappa shape index (κ2) is 11.5. The summed E-state index contributed by atoms with van der Waals surface area (Å²) in [6.07, 6.45) is 4.12. The number of para-hydroxylation sites is 1. The van der Waals surface area contributed by atoms with Crippen LogP contribution >= 0.6 is 0 Å². The van der Waals surface area contributed by atoms with Crippen molar-refractivity contribution in [1.29, 1.82) is 0 Å². The molecule has 0 saturated carbocycles. The van der Waals surface area contributed by atoms with Gasteiger partial charge in [0.15, 0.2) is 0 Å². The molecule has 200 valence electrons. The molecule has 3 heterocycles. The predicted octanol–water partition coefficient (Wildman–Crippen LogP) is 4.20. The molecule has 5 rings (SSSR count). The highest BCUT2D eigenvalue weighted by atomic mass is 19.1. The van der Waals surface area contributed by atoms with Crippen molar-refractivity contribution in [3.8, 4) is 11.1 Å². The van der Waals surface area contributed by atoms with Gasteiger partial charge in [-0.3, -0.25) is 9.69 Å². The summed E-state index contributed by atoms with van der Waals surface area (Å²) in [6, 6.07) is 14.4. The molecule has 1 aliphatic heterocycles. The quantitative estimate of drug-likeness (QED) is 0.293. The minimum atomic E-state index is -0.396. The van der Waals surface area contributed by atoms with E-state index in [-0.39, 0.29) is 23.6 Å². The first kappa shape index (κ1) is 26.2. The van der Waals surface area contributed by atoms with Crippen molar-refractivity contribution in [2.75, 3.05) is 48.3 Å². The lowest BCUT2D eigenvalue weighted by atomic mass is 10.0. The van der Waals surface area contributed by atoms with Crippen molar-refractivity contribution in [3.05, 3.63) is 79.4 Å². The Bertz CT molecular complexity index is 1500. The summed E-state index contributed by atoms with van der Waals surface area (Å²) in [4.78, 5) is 29.3. The summed E-state index contributed by atoms with van der Waals surface area (Å²) in [5.74, 6) is -0.0819. The van der Waals surface area contributed by atoms with Gasteiger partial charge in [0.05, 0.1) is 17.3 Å². The number of aromatic nitrogens is 3. The molecular formula is C29H30FN7O2. The fraction of sp³-hybridized carbons (Fsp3) is 0.241. The Kier molecular flexibility index (Phi) is 7.76. The number of nitrogens with one attached hydrogen (secondary N) is 2. The van der Waals surface area contributed by atoms with Crippen molar-refractivity contribution in [3.63, 3.8) is 0 Å². The number of carbonyl (C=O) groups is 1. The monoisotopic (exact) mass is 527 g/mol. The number of nitrogens with zero attached hydrogens (tertiary/aromatic N) is 5. The maximum Gasteiger partial charge on any atom is 0.248 e. The second-order valence-electron chi connectivity index (χ2n) is 9.49. The van der Waals surface area contributed by atoms with E-state index in [9.17, 15) is 9.90 Å². The van der Waals surface area contributed by atoms with Gasteiger partial charge in [0.2, 0.25) is 11.9 Å². The lowest BCUT2D eigenvalue weighted by Crippen LogP contribution is -2.48. The minimum absolute atomic E-state index is 0.266. The van der Waals surface area contributed by atoms with E-state index < -0.39 is 5.82 Å². The van der Waals surface area contributed by atoms with E-state index in [1.807, 2.05) is 30.3 Å². The molecule has 1 saturated heterocycles. The van der Waals surface area contributed by atoms with E-state index in [0.29, 0.717) is 17.9 Å². The number of carbonyl (C=O) groups excluding carboxylic acids is 1. The van der Waals surface area contributed by atoms with Gasteiger partial charge in [0.25, 0.3) is 0 Å². The molecule has 4 aromatic rings. The number of piperazine rings is 1. The summed E-state index contributed by atoms with van der Waals surface area (Å²) in [7, 11) is 0. The van der Waals surface area contributed by atoms with E-state index in [1.54, 1.807) is 31.5 Å². The van der Waals surface area contributed by atoms with Crippen LogP contribution in [0.25, 0.3) is 22.0 Å². The number of fused-ring (bicyclic) bond motifs is 1. The number of β-amino-alcohol motifs (C(OH)–C–C–N with tert-alkyl or cyclic N) is 1. The molecule has 39 heavy (non-hydrogen) atoms. The summed E-state index contributed by atoms with van der Waals surface area (Å²) in [5, 5.41) is 16.1. The van der Waals surface area contributed by atoms with Crippen LogP contribution in [-0.2, 0) is 4.79 Å². The van der Waals surface area contributed by atoms with E-state index in [1.165, 1.54) is 12.1 Å². The summed E-state index contributed by atoms with van der Waals surface area (Å²) in [5.41, 5.74) is 3.40. The summed E-state index contributed by atoms with van der Waals surface area (Å²) in [6.45, 7) is 9.07. The van der Waals surface area contributed by atoms with Gasteiger partial charge in [-0.05, 0) is 48.9 Å². The average Bonchev–Trinajstić information content (AvgIpc) is 2.94. The number of benzene rings is 2. The number of hydrogen-bond donors (Lipinski definition) is 3. The van der Waals surface area contributed by atoms with Crippen LogP contribution in [0, 0.1) is 5.82 Å². The Morgan fingerprint density at radius 1 is 1.15 bits per heavy atom. The summed E-state index contributed by atoms with van der Waals surface area (Å²) < 4.78 is 15.1. The van der Waals surface area contributed by atoms with Gasteiger partial charge in [-0.1, -0.05) is 24.8 Å². The fourth-order valence-electron chi connectivity index (χ4n) is 4.68. The molecule has 2 aromatic carbocycles. The smallest absolute Gasteiger partial charge is 0.248 e. The number of pyridine rings is 1. The molecule has 2 aromatic heterocycles. The molecule has 0 radical (unpaired) electrons. The van der Waals surface area contributed by atoms with Crippen molar-refractivity contribution in [2.24, 2.45) is 0 Å². The highest BCUT2D eigenvalue weighted by Gasteiger charge is 2.19. The first-order valence-corrected chi connectivity index (χ1v) is 12.8. The van der Waals surface area contributed by atoms with E-state index in [4.69, 9.17) is 0 Å². The minimum Gasteiger partial charge on any atom is -0.392 e. The SMILES string of the molecule is C=CC(=O)Nc1cc(-c2cccc3cnc(Nc4ccc(N5CCN(CC(C)O)CC5)cc4F)nc23)ccn1. The summed E-state index contributed by atoms with van der Waals surface area (Å²) >= 11 is 0. The number of amides is 1. The van der Waals surface area contributed by atoms with Crippen molar-refractivity contribution in [2.45, 2.75) is 13.0 Å². The Labute approximate surface area is 226 Å². The van der Waals surface area contributed by atoms with Gasteiger partial charge in [-0.25, -0.2) is 19.3 Å². The zero-order valence-electron chi connectivity index (χ0n) is 21.6. The topological polar surface area (TPSA) is 107 Å². The van der Waals surface area contributed by atoms with Crippen LogP contribution in [0.5, 0.6) is 0 Å². The predicted molar refractivity (Wildman–Crippen MR) is 152 cm³/mol. The van der Waals surface area contributed by atoms with Crippen molar-refractivity contribution >= 4 is 40.0 Å². The molecule has 0 bridgehead atoms. The average molecular weight is 528 g/mol. The van der Waals surface area contributed by atoms with Crippen LogP contribution in [-0.4, -0.2) is 69.7 Å². The lowest BCUT2D eigenvalue weighted by molar-refractivity contribution is -0.111. The van der Waals surface area contributed by atoms with Gasteiger partial charge in [-0.2, -0.15) is 0 Å². The molecule has 1 atom stereocenters. The molecule has 1 aliphatic rings. The zero-order chi connectivity index (χ0) is 27.4. The van der Waals surface area contributed by atoms with Crippen LogP contribution < -0.4 is 15.5 Å². The molecular weight excluding hydrogens is 497 g/mol. The first-order chi connectivity index (χ1) is 18.9. The Balaban J connectivity index is 1.35.